The first-order valence-electron chi connectivity index (χ1n) is 11.0. The minimum absolute atomic E-state index is 0.0761. The van der Waals surface area contributed by atoms with E-state index in [0.717, 1.165) is 24.0 Å². The molecule has 1 unspecified atom stereocenters. The Morgan fingerprint density at radius 3 is 2.23 bits per heavy atom. The second-order valence-electron chi connectivity index (χ2n) is 9.80. The monoisotopic (exact) mass is 414 g/mol. The zero-order chi connectivity index (χ0) is 22.2. The molecular formula is C26H38O4. The third-order valence-corrected chi connectivity index (χ3v) is 5.64. The van der Waals surface area contributed by atoms with Crippen LogP contribution in [0.15, 0.2) is 42.5 Å². The van der Waals surface area contributed by atoms with Crippen molar-refractivity contribution in [1.29, 1.82) is 0 Å². The first-order chi connectivity index (χ1) is 14.1. The number of carbonyl (C=O) groups is 1. The van der Waals surface area contributed by atoms with Gasteiger partial charge in [-0.2, -0.15) is 0 Å². The highest BCUT2D eigenvalue weighted by atomic mass is 16.6. The molecule has 30 heavy (non-hydrogen) atoms. The minimum Gasteiger partial charge on any atom is -0.491 e. The molecular weight excluding hydrogens is 376 g/mol. The molecule has 4 nitrogen and oxygen atoms in total. The molecule has 0 aliphatic rings. The van der Waals surface area contributed by atoms with Gasteiger partial charge in [-0.3, -0.25) is 4.79 Å². The fraction of sp³-hybridized carbons (Fsp3) is 0.577. The Kier molecular flexibility index (Phi) is 8.72. The zero-order valence-electron chi connectivity index (χ0n) is 19.5. The Labute approximate surface area is 181 Å². The molecule has 0 spiro atoms. The Balaban J connectivity index is 1.69. The minimum atomic E-state index is -0.118. The van der Waals surface area contributed by atoms with E-state index in [1.165, 1.54) is 5.39 Å². The van der Waals surface area contributed by atoms with Gasteiger partial charge in [-0.15, -0.1) is 0 Å². The van der Waals surface area contributed by atoms with Crippen LogP contribution in [0.1, 0.15) is 54.4 Å². The maximum atomic E-state index is 12.7. The maximum absolute atomic E-state index is 12.7. The summed E-state index contributed by atoms with van der Waals surface area (Å²) >= 11 is 0. The van der Waals surface area contributed by atoms with Gasteiger partial charge in [0.05, 0.1) is 19.1 Å². The van der Waals surface area contributed by atoms with E-state index in [4.69, 9.17) is 14.2 Å². The highest BCUT2D eigenvalue weighted by molar-refractivity contribution is 5.83. The van der Waals surface area contributed by atoms with Crippen LogP contribution in [-0.4, -0.2) is 32.4 Å². The summed E-state index contributed by atoms with van der Waals surface area (Å²) in [7, 11) is 0. The molecule has 0 bridgehead atoms. The Morgan fingerprint density at radius 2 is 1.57 bits per heavy atom. The summed E-state index contributed by atoms with van der Waals surface area (Å²) in [6, 6.07) is 14.2. The Hall–Kier alpha value is -2.07. The number of ether oxygens (including phenoxy) is 3. The number of esters is 1. The lowest BCUT2D eigenvalue weighted by molar-refractivity contribution is -0.156. The van der Waals surface area contributed by atoms with Gasteiger partial charge < -0.3 is 14.2 Å². The summed E-state index contributed by atoms with van der Waals surface area (Å²) < 4.78 is 16.9. The van der Waals surface area contributed by atoms with Crippen LogP contribution in [0.25, 0.3) is 10.8 Å². The third kappa shape index (κ3) is 7.64. The van der Waals surface area contributed by atoms with Crippen molar-refractivity contribution in [3.8, 4) is 5.75 Å². The molecule has 0 N–H and O–H groups in total. The van der Waals surface area contributed by atoms with Crippen molar-refractivity contribution in [3.63, 3.8) is 0 Å². The normalized spacial score (nSPS) is 13.3. The molecule has 0 fully saturated rings. The highest BCUT2D eigenvalue weighted by Gasteiger charge is 2.37. The fourth-order valence-corrected chi connectivity index (χ4v) is 3.42. The summed E-state index contributed by atoms with van der Waals surface area (Å²) in [5.74, 6) is 0.599. The van der Waals surface area contributed by atoms with Gasteiger partial charge in [-0.05, 0) is 40.2 Å². The molecule has 2 aromatic carbocycles. The molecule has 4 heteroatoms. The second kappa shape index (κ2) is 10.8. The average Bonchev–Trinajstić information content (AvgIpc) is 2.70. The second-order valence-corrected chi connectivity index (χ2v) is 9.80. The first-order valence-corrected chi connectivity index (χ1v) is 11.0. The lowest BCUT2D eigenvalue weighted by Gasteiger charge is -2.35. The van der Waals surface area contributed by atoms with E-state index < -0.39 is 0 Å². The zero-order valence-corrected chi connectivity index (χ0v) is 19.5. The van der Waals surface area contributed by atoms with Crippen LogP contribution >= 0.6 is 0 Å². The van der Waals surface area contributed by atoms with E-state index in [0.29, 0.717) is 19.8 Å². The number of carbonyl (C=O) groups excluding carboxylic acids is 1. The third-order valence-electron chi connectivity index (χ3n) is 5.64. The first kappa shape index (κ1) is 24.2. The lowest BCUT2D eigenvalue weighted by Crippen LogP contribution is -2.35. The van der Waals surface area contributed by atoms with Gasteiger partial charge in [-0.1, -0.05) is 78.3 Å². The van der Waals surface area contributed by atoms with E-state index in [2.05, 4.69) is 59.7 Å². The van der Waals surface area contributed by atoms with Crippen LogP contribution in [0, 0.1) is 16.7 Å². The quantitative estimate of drug-likeness (QED) is 0.321. The smallest absolute Gasteiger partial charge is 0.309 e. The predicted octanol–water partition coefficient (Wildman–Crippen LogP) is 6.27. The van der Waals surface area contributed by atoms with Gasteiger partial charge in [0.15, 0.2) is 0 Å². The van der Waals surface area contributed by atoms with Crippen LogP contribution in [0.2, 0.25) is 0 Å². The van der Waals surface area contributed by atoms with Crippen molar-refractivity contribution in [2.24, 2.45) is 16.7 Å². The van der Waals surface area contributed by atoms with Crippen molar-refractivity contribution in [3.05, 3.63) is 42.5 Å². The molecule has 2 aromatic rings. The van der Waals surface area contributed by atoms with Crippen LogP contribution in [0.4, 0.5) is 0 Å². The van der Waals surface area contributed by atoms with Crippen LogP contribution < -0.4 is 4.74 Å². The van der Waals surface area contributed by atoms with Crippen molar-refractivity contribution < 1.29 is 19.0 Å². The van der Waals surface area contributed by atoms with E-state index in [9.17, 15) is 4.79 Å². The van der Waals surface area contributed by atoms with Crippen molar-refractivity contribution in [2.45, 2.75) is 54.4 Å². The molecule has 0 saturated carbocycles. The molecule has 0 radical (unpaired) electrons. The Bertz CT molecular complexity index is 804. The van der Waals surface area contributed by atoms with E-state index in [1.807, 2.05) is 24.3 Å². The average molecular weight is 415 g/mol. The number of hydrogen-bond donors (Lipinski definition) is 0. The Morgan fingerprint density at radius 1 is 0.900 bits per heavy atom. The number of benzene rings is 2. The fourth-order valence-electron chi connectivity index (χ4n) is 3.42. The molecule has 2 rings (SSSR count). The van der Waals surface area contributed by atoms with E-state index in [1.54, 1.807) is 0 Å². The number of hydrogen-bond acceptors (Lipinski definition) is 4. The summed E-state index contributed by atoms with van der Waals surface area (Å²) in [6.07, 6.45) is 1.75. The van der Waals surface area contributed by atoms with Crippen molar-refractivity contribution >= 4 is 16.7 Å². The van der Waals surface area contributed by atoms with Crippen molar-refractivity contribution in [1.82, 2.24) is 0 Å². The summed E-state index contributed by atoms with van der Waals surface area (Å²) in [6.45, 7) is 14.5. The van der Waals surface area contributed by atoms with Crippen LogP contribution in [-0.2, 0) is 14.3 Å². The number of fused-ring (bicyclic) bond motifs is 1. The SMILES string of the molecule is CCC(C)(C)C(CC(C)(C)C)C(=O)OCCOCCOc1ccc2ccccc2c1. The standard InChI is InChI=1S/C26H38O4/c1-7-26(5,6)23(19-25(2,3)4)24(27)30-17-15-28-14-16-29-22-13-12-20-10-8-9-11-21(20)18-22/h8-13,18,23H,7,14-17,19H2,1-6H3. The molecule has 0 aliphatic heterocycles. The lowest BCUT2D eigenvalue weighted by atomic mass is 9.70. The van der Waals surface area contributed by atoms with Crippen molar-refractivity contribution in [2.75, 3.05) is 26.4 Å². The molecule has 0 heterocycles. The van der Waals surface area contributed by atoms with Gasteiger partial charge in [0.1, 0.15) is 19.0 Å². The molecule has 0 aliphatic carbocycles. The van der Waals surface area contributed by atoms with Gasteiger partial charge >= 0.3 is 5.97 Å². The molecule has 0 aromatic heterocycles. The summed E-state index contributed by atoms with van der Waals surface area (Å²) in [5.41, 5.74) is -0.00829. The predicted molar refractivity (Wildman–Crippen MR) is 123 cm³/mol. The van der Waals surface area contributed by atoms with E-state index in [-0.39, 0.29) is 29.3 Å². The molecule has 166 valence electrons. The van der Waals surface area contributed by atoms with Crippen LogP contribution in [0.5, 0.6) is 5.75 Å². The summed E-state index contributed by atoms with van der Waals surface area (Å²) in [4.78, 5) is 12.7. The number of rotatable bonds is 11. The molecule has 0 saturated heterocycles. The molecule has 0 amide bonds. The maximum Gasteiger partial charge on any atom is 0.309 e. The largest absolute Gasteiger partial charge is 0.491 e. The van der Waals surface area contributed by atoms with Gasteiger partial charge in [0.25, 0.3) is 0 Å². The topological polar surface area (TPSA) is 44.8 Å². The van der Waals surface area contributed by atoms with Gasteiger partial charge in [0, 0.05) is 0 Å². The summed E-state index contributed by atoms with van der Waals surface area (Å²) in [5, 5.41) is 2.35. The van der Waals surface area contributed by atoms with Gasteiger partial charge in [0.2, 0.25) is 0 Å². The molecule has 1 atom stereocenters. The van der Waals surface area contributed by atoms with Crippen LogP contribution in [0.3, 0.4) is 0 Å². The van der Waals surface area contributed by atoms with Gasteiger partial charge in [-0.25, -0.2) is 0 Å². The highest BCUT2D eigenvalue weighted by Crippen LogP contribution is 2.39. The van der Waals surface area contributed by atoms with E-state index >= 15 is 0 Å².